The van der Waals surface area contributed by atoms with Crippen LogP contribution in [0.25, 0.3) is 28.2 Å². The average molecular weight is 502 g/mol. The van der Waals surface area contributed by atoms with Crippen LogP contribution in [0.5, 0.6) is 0 Å². The molecule has 5 rings (SSSR count). The molecule has 1 N–H and O–H groups in total. The van der Waals surface area contributed by atoms with Gasteiger partial charge < -0.3 is 4.74 Å². The number of imidazole rings is 1. The van der Waals surface area contributed by atoms with E-state index in [1.807, 2.05) is 57.9 Å². The third-order valence-electron chi connectivity index (χ3n) is 5.44. The Hall–Kier alpha value is -2.61. The fourth-order valence-corrected chi connectivity index (χ4v) is 4.31. The summed E-state index contributed by atoms with van der Waals surface area (Å²) in [7, 11) is 0. The normalized spacial score (nSPS) is 14.5. The number of carbonyl (C=O) groups excluding carboxylic acids is 1. The zero-order chi connectivity index (χ0) is 22.9. The number of hydrazine groups is 1. The molecular formula is C24H19Cl3N4O2. The molecule has 0 radical (unpaired) electrons. The Morgan fingerprint density at radius 1 is 0.909 bits per heavy atom. The molecule has 33 heavy (non-hydrogen) atoms. The minimum absolute atomic E-state index is 0.246. The highest BCUT2D eigenvalue weighted by atomic mass is 35.5. The maximum atomic E-state index is 13.0. The van der Waals surface area contributed by atoms with Gasteiger partial charge in [-0.15, -0.1) is 0 Å². The molecule has 1 saturated heterocycles. The summed E-state index contributed by atoms with van der Waals surface area (Å²) in [5, 5.41) is 3.48. The van der Waals surface area contributed by atoms with E-state index in [-0.39, 0.29) is 5.91 Å². The van der Waals surface area contributed by atoms with Gasteiger partial charge in [0.1, 0.15) is 0 Å². The topological polar surface area (TPSA) is 58.9 Å². The Labute approximate surface area is 205 Å². The molecule has 9 heteroatoms. The predicted molar refractivity (Wildman–Crippen MR) is 131 cm³/mol. The second-order valence-corrected chi connectivity index (χ2v) is 8.91. The first-order chi connectivity index (χ1) is 16.0. The van der Waals surface area contributed by atoms with Gasteiger partial charge in [-0.3, -0.25) is 14.6 Å². The van der Waals surface area contributed by atoms with Crippen molar-refractivity contribution in [2.75, 3.05) is 26.3 Å². The second kappa shape index (κ2) is 9.33. The third-order valence-corrected chi connectivity index (χ3v) is 6.23. The lowest BCUT2D eigenvalue weighted by molar-refractivity contribution is 0.0126. The molecule has 168 valence electrons. The average Bonchev–Trinajstić information content (AvgIpc) is 3.21. The smallest absolute Gasteiger partial charge is 0.267 e. The van der Waals surface area contributed by atoms with E-state index in [2.05, 4.69) is 5.43 Å². The van der Waals surface area contributed by atoms with E-state index in [0.717, 1.165) is 22.5 Å². The largest absolute Gasteiger partial charge is 0.379 e. The highest BCUT2D eigenvalue weighted by Gasteiger charge is 2.21. The Kier molecular flexibility index (Phi) is 6.27. The highest BCUT2D eigenvalue weighted by Crippen LogP contribution is 2.36. The van der Waals surface area contributed by atoms with Crippen molar-refractivity contribution in [2.45, 2.75) is 0 Å². The standard InChI is InChI=1S/C24H19Cl3N4O2/c25-18-5-1-15(2-6-18)21-22(16-3-7-19(26)8-4-16)31-14-17(13-20(27)23(31)28-21)24(32)29-30-9-11-33-12-10-30/h1-8,13-14H,9-12H2,(H,29,32). The van der Waals surface area contributed by atoms with Gasteiger partial charge in [0.25, 0.3) is 5.91 Å². The number of hydrogen-bond donors (Lipinski definition) is 1. The lowest BCUT2D eigenvalue weighted by Gasteiger charge is -2.26. The molecule has 0 atom stereocenters. The van der Waals surface area contributed by atoms with Gasteiger partial charge in [-0.1, -0.05) is 59.1 Å². The van der Waals surface area contributed by atoms with Gasteiger partial charge in [0.05, 0.1) is 35.2 Å². The molecule has 1 amide bonds. The van der Waals surface area contributed by atoms with Gasteiger partial charge in [-0.05, 0) is 30.3 Å². The number of carbonyl (C=O) groups is 1. The van der Waals surface area contributed by atoms with Crippen molar-refractivity contribution in [2.24, 2.45) is 0 Å². The van der Waals surface area contributed by atoms with Crippen molar-refractivity contribution in [1.29, 1.82) is 0 Å². The minimum Gasteiger partial charge on any atom is -0.379 e. The van der Waals surface area contributed by atoms with Crippen molar-refractivity contribution in [3.63, 3.8) is 0 Å². The Bertz CT molecular complexity index is 1310. The molecule has 3 heterocycles. The predicted octanol–water partition coefficient (Wildman–Crippen LogP) is 5.61. The summed E-state index contributed by atoms with van der Waals surface area (Å²) in [6.45, 7) is 2.41. The van der Waals surface area contributed by atoms with Gasteiger partial charge >= 0.3 is 0 Å². The number of morpholine rings is 1. The zero-order valence-corrected chi connectivity index (χ0v) is 19.7. The first-order valence-electron chi connectivity index (χ1n) is 10.4. The van der Waals surface area contributed by atoms with Gasteiger partial charge in [0, 0.05) is 40.5 Å². The van der Waals surface area contributed by atoms with Crippen molar-refractivity contribution in [1.82, 2.24) is 19.8 Å². The number of nitrogens with zero attached hydrogens (tertiary/aromatic N) is 3. The van der Waals surface area contributed by atoms with Crippen LogP contribution in [0.4, 0.5) is 0 Å². The maximum Gasteiger partial charge on any atom is 0.267 e. The van der Waals surface area contributed by atoms with Crippen LogP contribution >= 0.6 is 34.8 Å². The van der Waals surface area contributed by atoms with Gasteiger partial charge in [0.15, 0.2) is 5.65 Å². The van der Waals surface area contributed by atoms with E-state index >= 15 is 0 Å². The summed E-state index contributed by atoms with van der Waals surface area (Å²) >= 11 is 18.8. The van der Waals surface area contributed by atoms with Crippen molar-refractivity contribution in [3.05, 3.63) is 81.4 Å². The fourth-order valence-electron chi connectivity index (χ4n) is 3.80. The Morgan fingerprint density at radius 2 is 1.52 bits per heavy atom. The molecule has 0 spiro atoms. The first kappa shape index (κ1) is 22.2. The van der Waals surface area contributed by atoms with Crippen molar-refractivity contribution >= 4 is 46.4 Å². The molecule has 1 aliphatic heterocycles. The number of halogens is 3. The maximum absolute atomic E-state index is 13.0. The second-order valence-electron chi connectivity index (χ2n) is 7.63. The number of hydrogen-bond acceptors (Lipinski definition) is 4. The summed E-state index contributed by atoms with van der Waals surface area (Å²) in [4.78, 5) is 17.8. The number of aromatic nitrogens is 2. The molecule has 0 aliphatic carbocycles. The molecule has 2 aromatic heterocycles. The van der Waals surface area contributed by atoms with Crippen LogP contribution in [-0.2, 0) is 4.74 Å². The van der Waals surface area contributed by atoms with Crippen LogP contribution in [-0.4, -0.2) is 46.6 Å². The lowest BCUT2D eigenvalue weighted by Crippen LogP contribution is -2.48. The third kappa shape index (κ3) is 4.58. The molecule has 0 saturated carbocycles. The van der Waals surface area contributed by atoms with E-state index in [0.29, 0.717) is 52.6 Å². The summed E-state index contributed by atoms with van der Waals surface area (Å²) < 4.78 is 7.20. The van der Waals surface area contributed by atoms with Gasteiger partial charge in [-0.2, -0.15) is 0 Å². The van der Waals surface area contributed by atoms with E-state index in [1.54, 1.807) is 12.3 Å². The molecule has 0 unspecified atom stereocenters. The number of rotatable bonds is 4. The highest BCUT2D eigenvalue weighted by molar-refractivity contribution is 6.34. The van der Waals surface area contributed by atoms with Crippen LogP contribution in [0.15, 0.2) is 60.8 Å². The number of ether oxygens (including phenoxy) is 1. The van der Waals surface area contributed by atoms with Crippen LogP contribution in [0.3, 0.4) is 0 Å². The first-order valence-corrected chi connectivity index (χ1v) is 11.5. The SMILES string of the molecule is O=C(NN1CCOCC1)c1cc(Cl)c2nc(-c3ccc(Cl)cc3)c(-c3ccc(Cl)cc3)n2c1. The minimum atomic E-state index is -0.246. The van der Waals surface area contributed by atoms with Crippen LogP contribution in [0.2, 0.25) is 15.1 Å². The monoisotopic (exact) mass is 500 g/mol. The number of fused-ring (bicyclic) bond motifs is 1. The quantitative estimate of drug-likeness (QED) is 0.395. The van der Waals surface area contributed by atoms with E-state index in [1.165, 1.54) is 0 Å². The zero-order valence-electron chi connectivity index (χ0n) is 17.4. The Balaban J connectivity index is 1.65. The molecule has 4 aromatic rings. The number of amides is 1. The Morgan fingerprint density at radius 3 is 2.15 bits per heavy atom. The molecular weight excluding hydrogens is 483 g/mol. The van der Waals surface area contributed by atoms with E-state index < -0.39 is 0 Å². The number of benzene rings is 2. The van der Waals surface area contributed by atoms with E-state index in [9.17, 15) is 4.79 Å². The van der Waals surface area contributed by atoms with Crippen LogP contribution in [0, 0.1) is 0 Å². The summed E-state index contributed by atoms with van der Waals surface area (Å²) in [6.07, 6.45) is 1.76. The number of pyridine rings is 1. The van der Waals surface area contributed by atoms with Crippen molar-refractivity contribution < 1.29 is 9.53 Å². The molecule has 6 nitrogen and oxygen atoms in total. The van der Waals surface area contributed by atoms with Gasteiger partial charge in [-0.25, -0.2) is 9.99 Å². The van der Waals surface area contributed by atoms with Gasteiger partial charge in [0.2, 0.25) is 0 Å². The molecule has 2 aromatic carbocycles. The summed E-state index contributed by atoms with van der Waals surface area (Å²) in [5.41, 5.74) is 7.19. The summed E-state index contributed by atoms with van der Waals surface area (Å²) in [5.74, 6) is -0.246. The van der Waals surface area contributed by atoms with Crippen LogP contribution < -0.4 is 5.43 Å². The van der Waals surface area contributed by atoms with E-state index in [4.69, 9.17) is 44.5 Å². The fraction of sp³-hybridized carbons (Fsp3) is 0.167. The molecule has 1 fully saturated rings. The van der Waals surface area contributed by atoms with Crippen LogP contribution in [0.1, 0.15) is 10.4 Å². The van der Waals surface area contributed by atoms with Crippen molar-refractivity contribution in [3.8, 4) is 22.5 Å². The lowest BCUT2D eigenvalue weighted by atomic mass is 10.0. The molecule has 1 aliphatic rings. The number of nitrogens with one attached hydrogen (secondary N) is 1. The molecule has 0 bridgehead atoms. The summed E-state index contributed by atoms with van der Waals surface area (Å²) in [6, 6.07) is 16.5.